The maximum absolute atomic E-state index is 4.33. The van der Waals surface area contributed by atoms with Crippen molar-refractivity contribution >= 4 is 0 Å². The summed E-state index contributed by atoms with van der Waals surface area (Å²) >= 11 is 0. The van der Waals surface area contributed by atoms with Crippen LogP contribution in [0.3, 0.4) is 0 Å². The SMILES string of the molecule is CNC1(Cc2nncn2CC(C)C)CCCCC1. The van der Waals surface area contributed by atoms with Gasteiger partial charge in [0.2, 0.25) is 0 Å². The molecule has 0 unspecified atom stereocenters. The van der Waals surface area contributed by atoms with Crippen molar-refractivity contribution in [2.75, 3.05) is 7.05 Å². The standard InChI is InChI=1S/C14H26N4/c1-12(2)10-18-11-16-17-13(18)9-14(15-3)7-5-4-6-8-14/h11-12,15H,4-10H2,1-3H3. The van der Waals surface area contributed by atoms with Crippen molar-refractivity contribution in [3.63, 3.8) is 0 Å². The third-order valence-corrected chi connectivity index (χ3v) is 4.10. The molecule has 102 valence electrons. The molecule has 1 aliphatic rings. The summed E-state index contributed by atoms with van der Waals surface area (Å²) in [5.41, 5.74) is 0.250. The van der Waals surface area contributed by atoms with Crippen LogP contribution >= 0.6 is 0 Å². The molecule has 0 atom stereocenters. The number of nitrogens with one attached hydrogen (secondary N) is 1. The van der Waals surface area contributed by atoms with Crippen LogP contribution in [0.2, 0.25) is 0 Å². The van der Waals surface area contributed by atoms with Crippen LogP contribution < -0.4 is 5.32 Å². The highest BCUT2D eigenvalue weighted by molar-refractivity contribution is 5.00. The van der Waals surface area contributed by atoms with Gasteiger partial charge in [-0.05, 0) is 25.8 Å². The van der Waals surface area contributed by atoms with Crippen molar-refractivity contribution in [1.29, 1.82) is 0 Å². The smallest absolute Gasteiger partial charge is 0.134 e. The molecular weight excluding hydrogens is 224 g/mol. The van der Waals surface area contributed by atoms with Crippen LogP contribution in [0, 0.1) is 5.92 Å². The van der Waals surface area contributed by atoms with E-state index in [0.717, 1.165) is 18.8 Å². The van der Waals surface area contributed by atoms with Gasteiger partial charge in [-0.1, -0.05) is 33.1 Å². The molecule has 0 amide bonds. The van der Waals surface area contributed by atoms with Gasteiger partial charge in [0, 0.05) is 18.5 Å². The van der Waals surface area contributed by atoms with Crippen molar-refractivity contribution in [3.05, 3.63) is 12.2 Å². The van der Waals surface area contributed by atoms with E-state index >= 15 is 0 Å². The molecule has 1 fully saturated rings. The number of rotatable bonds is 5. The minimum atomic E-state index is 0.250. The highest BCUT2D eigenvalue weighted by Crippen LogP contribution is 2.30. The molecule has 1 aromatic heterocycles. The van der Waals surface area contributed by atoms with Gasteiger partial charge in [-0.25, -0.2) is 0 Å². The number of nitrogens with zero attached hydrogens (tertiary/aromatic N) is 3. The van der Waals surface area contributed by atoms with Crippen LogP contribution in [0.1, 0.15) is 51.8 Å². The van der Waals surface area contributed by atoms with Crippen LogP contribution in [0.4, 0.5) is 0 Å². The second kappa shape index (κ2) is 5.83. The minimum absolute atomic E-state index is 0.250. The van der Waals surface area contributed by atoms with Crippen molar-refractivity contribution in [2.24, 2.45) is 5.92 Å². The van der Waals surface area contributed by atoms with Crippen LogP contribution in [0.15, 0.2) is 6.33 Å². The number of likely N-dealkylation sites (N-methyl/N-ethyl adjacent to an activating group) is 1. The zero-order valence-corrected chi connectivity index (χ0v) is 11.9. The van der Waals surface area contributed by atoms with E-state index in [-0.39, 0.29) is 5.54 Å². The van der Waals surface area contributed by atoms with Gasteiger partial charge in [-0.2, -0.15) is 0 Å². The Morgan fingerprint density at radius 2 is 2.06 bits per heavy atom. The average molecular weight is 250 g/mol. The van der Waals surface area contributed by atoms with Crippen molar-refractivity contribution in [2.45, 2.75) is 64.5 Å². The molecule has 0 spiro atoms. The van der Waals surface area contributed by atoms with E-state index < -0.39 is 0 Å². The number of hydrogen-bond acceptors (Lipinski definition) is 3. The Labute approximate surface area is 110 Å². The molecule has 0 radical (unpaired) electrons. The molecule has 1 aromatic rings. The molecule has 1 N–H and O–H groups in total. The summed E-state index contributed by atoms with van der Waals surface area (Å²) in [6.07, 6.45) is 9.45. The van der Waals surface area contributed by atoms with Gasteiger partial charge in [0.15, 0.2) is 0 Å². The Bertz CT molecular complexity index is 364. The summed E-state index contributed by atoms with van der Waals surface area (Å²) in [6, 6.07) is 0. The fourth-order valence-corrected chi connectivity index (χ4v) is 3.01. The average Bonchev–Trinajstić information content (AvgIpc) is 2.77. The predicted molar refractivity (Wildman–Crippen MR) is 73.4 cm³/mol. The van der Waals surface area contributed by atoms with E-state index in [1.807, 2.05) is 6.33 Å². The Morgan fingerprint density at radius 3 is 2.67 bits per heavy atom. The second-order valence-electron chi connectivity index (χ2n) is 6.06. The van der Waals surface area contributed by atoms with Gasteiger partial charge in [0.1, 0.15) is 12.2 Å². The molecule has 0 bridgehead atoms. The Kier molecular flexibility index (Phi) is 4.38. The number of hydrogen-bond donors (Lipinski definition) is 1. The fourth-order valence-electron chi connectivity index (χ4n) is 3.01. The quantitative estimate of drug-likeness (QED) is 0.872. The summed E-state index contributed by atoms with van der Waals surface area (Å²) in [6.45, 7) is 5.48. The zero-order valence-electron chi connectivity index (χ0n) is 11.9. The van der Waals surface area contributed by atoms with Gasteiger partial charge in [-0.3, -0.25) is 0 Å². The molecule has 2 rings (SSSR count). The van der Waals surface area contributed by atoms with Crippen LogP contribution in [0.5, 0.6) is 0 Å². The molecule has 18 heavy (non-hydrogen) atoms. The van der Waals surface area contributed by atoms with E-state index in [0.29, 0.717) is 5.92 Å². The summed E-state index contributed by atoms with van der Waals surface area (Å²) in [5, 5.41) is 12.0. The third-order valence-electron chi connectivity index (χ3n) is 4.10. The first-order valence-corrected chi connectivity index (χ1v) is 7.21. The molecule has 1 aliphatic carbocycles. The van der Waals surface area contributed by atoms with E-state index in [4.69, 9.17) is 0 Å². The molecule has 4 heteroatoms. The largest absolute Gasteiger partial charge is 0.317 e. The Morgan fingerprint density at radius 1 is 1.33 bits per heavy atom. The lowest BCUT2D eigenvalue weighted by atomic mass is 9.79. The van der Waals surface area contributed by atoms with Crippen molar-refractivity contribution < 1.29 is 0 Å². The molecule has 1 heterocycles. The normalized spacial score (nSPS) is 19.3. The molecule has 0 aromatic carbocycles. The lowest BCUT2D eigenvalue weighted by Gasteiger charge is -2.37. The van der Waals surface area contributed by atoms with Crippen LogP contribution in [-0.2, 0) is 13.0 Å². The van der Waals surface area contributed by atoms with Crippen molar-refractivity contribution in [1.82, 2.24) is 20.1 Å². The second-order valence-corrected chi connectivity index (χ2v) is 6.06. The van der Waals surface area contributed by atoms with Crippen LogP contribution in [0.25, 0.3) is 0 Å². The van der Waals surface area contributed by atoms with Crippen LogP contribution in [-0.4, -0.2) is 27.4 Å². The van der Waals surface area contributed by atoms with Crippen molar-refractivity contribution in [3.8, 4) is 0 Å². The Hall–Kier alpha value is -0.900. The third kappa shape index (κ3) is 3.10. The molecule has 0 saturated heterocycles. The lowest BCUT2D eigenvalue weighted by Crippen LogP contribution is -2.47. The minimum Gasteiger partial charge on any atom is -0.317 e. The van der Waals surface area contributed by atoms with Gasteiger partial charge in [0.25, 0.3) is 0 Å². The first-order chi connectivity index (χ1) is 8.65. The maximum Gasteiger partial charge on any atom is 0.134 e. The van der Waals surface area contributed by atoms with Gasteiger partial charge in [-0.15, -0.1) is 10.2 Å². The van der Waals surface area contributed by atoms with E-state index in [1.165, 1.54) is 32.1 Å². The molecule has 4 nitrogen and oxygen atoms in total. The predicted octanol–water partition coefficient (Wildman–Crippen LogP) is 2.40. The first-order valence-electron chi connectivity index (χ1n) is 7.21. The van der Waals surface area contributed by atoms with E-state index in [2.05, 4.69) is 41.0 Å². The van der Waals surface area contributed by atoms with E-state index in [9.17, 15) is 0 Å². The monoisotopic (exact) mass is 250 g/mol. The van der Waals surface area contributed by atoms with Gasteiger partial charge in [0.05, 0.1) is 0 Å². The molecular formula is C14H26N4. The molecule has 0 aliphatic heterocycles. The highest BCUT2D eigenvalue weighted by Gasteiger charge is 2.32. The van der Waals surface area contributed by atoms with E-state index in [1.54, 1.807) is 0 Å². The zero-order chi connectivity index (χ0) is 13.0. The topological polar surface area (TPSA) is 42.7 Å². The highest BCUT2D eigenvalue weighted by atomic mass is 15.3. The van der Waals surface area contributed by atoms with Gasteiger partial charge < -0.3 is 9.88 Å². The number of aromatic nitrogens is 3. The van der Waals surface area contributed by atoms with Gasteiger partial charge >= 0.3 is 0 Å². The Balaban J connectivity index is 2.09. The maximum atomic E-state index is 4.33. The summed E-state index contributed by atoms with van der Waals surface area (Å²) < 4.78 is 2.22. The fraction of sp³-hybridized carbons (Fsp3) is 0.857. The molecule has 1 saturated carbocycles. The summed E-state index contributed by atoms with van der Waals surface area (Å²) in [4.78, 5) is 0. The summed E-state index contributed by atoms with van der Waals surface area (Å²) in [5.74, 6) is 1.77. The summed E-state index contributed by atoms with van der Waals surface area (Å²) in [7, 11) is 2.09. The first kappa shape index (κ1) is 13.5. The lowest BCUT2D eigenvalue weighted by molar-refractivity contribution is 0.238.